The molecule has 19 heavy (non-hydrogen) atoms. The lowest BCUT2D eigenvalue weighted by Crippen LogP contribution is -2.30. The van der Waals surface area contributed by atoms with Crippen LogP contribution in [0.4, 0.5) is 10.2 Å². The molecule has 104 valence electrons. The molecular weight excluding hydrogens is 249 g/mol. The van der Waals surface area contributed by atoms with Gasteiger partial charge in [-0.3, -0.25) is 4.79 Å². The van der Waals surface area contributed by atoms with E-state index >= 15 is 0 Å². The van der Waals surface area contributed by atoms with Crippen molar-refractivity contribution in [1.82, 2.24) is 9.88 Å². The number of carbonyl (C=O) groups excluding carboxylic acids is 1. The molecule has 1 unspecified atom stereocenters. The highest BCUT2D eigenvalue weighted by Gasteiger charge is 2.28. The van der Waals surface area contributed by atoms with Gasteiger partial charge >= 0.3 is 0 Å². The van der Waals surface area contributed by atoms with E-state index in [4.69, 9.17) is 4.74 Å². The summed E-state index contributed by atoms with van der Waals surface area (Å²) in [5.74, 6) is -0.443. The van der Waals surface area contributed by atoms with Crippen molar-refractivity contribution < 1.29 is 13.9 Å². The van der Waals surface area contributed by atoms with Gasteiger partial charge in [-0.1, -0.05) is 0 Å². The number of amides is 1. The Bertz CT molecular complexity index is 467. The van der Waals surface area contributed by atoms with Crippen LogP contribution in [0.1, 0.15) is 16.8 Å². The molecule has 1 aromatic heterocycles. The second-order valence-corrected chi connectivity index (χ2v) is 4.63. The molecule has 0 aromatic carbocycles. The third-order valence-electron chi connectivity index (χ3n) is 3.33. The standard InChI is InChI=1S/C13H18FN3O2/c1-15-12-11(14)10(3-5-16-12)13(18)17-6-4-9(7-17)8-19-2/h3,5,9H,4,6-8H2,1-2H3,(H,15,16). The number of hydrogen-bond donors (Lipinski definition) is 1. The minimum atomic E-state index is -0.592. The average Bonchev–Trinajstić information content (AvgIpc) is 2.87. The molecule has 0 spiro atoms. The van der Waals surface area contributed by atoms with Crippen LogP contribution in [0.5, 0.6) is 0 Å². The fourth-order valence-electron chi connectivity index (χ4n) is 2.34. The number of methoxy groups -OCH3 is 1. The molecule has 1 N–H and O–H groups in total. The molecule has 1 amide bonds. The highest BCUT2D eigenvalue weighted by Crippen LogP contribution is 2.21. The zero-order valence-corrected chi connectivity index (χ0v) is 11.1. The largest absolute Gasteiger partial charge is 0.384 e. The van der Waals surface area contributed by atoms with Gasteiger partial charge in [-0.15, -0.1) is 0 Å². The van der Waals surface area contributed by atoms with E-state index in [0.29, 0.717) is 25.6 Å². The van der Waals surface area contributed by atoms with Crippen LogP contribution < -0.4 is 5.32 Å². The van der Waals surface area contributed by atoms with Gasteiger partial charge in [-0.05, 0) is 12.5 Å². The first-order chi connectivity index (χ1) is 9.17. The van der Waals surface area contributed by atoms with E-state index in [0.717, 1.165) is 6.42 Å². The van der Waals surface area contributed by atoms with E-state index in [2.05, 4.69) is 10.3 Å². The summed E-state index contributed by atoms with van der Waals surface area (Å²) in [7, 11) is 3.22. The van der Waals surface area contributed by atoms with E-state index in [9.17, 15) is 9.18 Å². The lowest BCUT2D eigenvalue weighted by atomic mass is 10.1. The Kier molecular flexibility index (Phi) is 4.31. The maximum atomic E-state index is 14.0. The van der Waals surface area contributed by atoms with Crippen molar-refractivity contribution in [3.8, 4) is 0 Å². The van der Waals surface area contributed by atoms with Crippen molar-refractivity contribution in [1.29, 1.82) is 0 Å². The molecule has 1 aromatic rings. The predicted octanol–water partition coefficient (Wildman–Crippen LogP) is 1.37. The monoisotopic (exact) mass is 267 g/mol. The van der Waals surface area contributed by atoms with Gasteiger partial charge in [-0.2, -0.15) is 0 Å². The first-order valence-corrected chi connectivity index (χ1v) is 6.27. The Morgan fingerprint density at radius 3 is 3.16 bits per heavy atom. The van der Waals surface area contributed by atoms with Crippen molar-refractivity contribution in [3.63, 3.8) is 0 Å². The Labute approximate surface area is 111 Å². The average molecular weight is 267 g/mol. The first kappa shape index (κ1) is 13.7. The van der Waals surface area contributed by atoms with Gasteiger partial charge in [0.15, 0.2) is 11.6 Å². The number of hydrogen-bond acceptors (Lipinski definition) is 4. The Balaban J connectivity index is 2.12. The summed E-state index contributed by atoms with van der Waals surface area (Å²) in [6.45, 7) is 1.89. The summed E-state index contributed by atoms with van der Waals surface area (Å²) in [6, 6.07) is 1.42. The van der Waals surface area contributed by atoms with Crippen LogP contribution >= 0.6 is 0 Å². The van der Waals surface area contributed by atoms with Crippen LogP contribution in [0.15, 0.2) is 12.3 Å². The molecule has 1 aliphatic rings. The molecule has 6 heteroatoms. The number of aromatic nitrogens is 1. The van der Waals surface area contributed by atoms with Gasteiger partial charge in [0.05, 0.1) is 12.2 Å². The van der Waals surface area contributed by atoms with Gasteiger partial charge in [0.2, 0.25) is 0 Å². The van der Waals surface area contributed by atoms with E-state index in [1.165, 1.54) is 12.3 Å². The van der Waals surface area contributed by atoms with E-state index in [-0.39, 0.29) is 17.3 Å². The van der Waals surface area contributed by atoms with Gasteiger partial charge in [-0.25, -0.2) is 9.37 Å². The zero-order valence-electron chi connectivity index (χ0n) is 11.1. The second kappa shape index (κ2) is 5.97. The van der Waals surface area contributed by atoms with Crippen LogP contribution in [0.3, 0.4) is 0 Å². The highest BCUT2D eigenvalue weighted by molar-refractivity contribution is 5.95. The number of rotatable bonds is 4. The van der Waals surface area contributed by atoms with Gasteiger partial charge in [0.25, 0.3) is 5.91 Å². The lowest BCUT2D eigenvalue weighted by molar-refractivity contribution is 0.0771. The molecule has 0 radical (unpaired) electrons. The molecule has 1 saturated heterocycles. The Morgan fingerprint density at radius 1 is 1.68 bits per heavy atom. The molecule has 1 fully saturated rings. The van der Waals surface area contributed by atoms with Crippen molar-refractivity contribution in [2.24, 2.45) is 5.92 Å². The summed E-state index contributed by atoms with van der Waals surface area (Å²) < 4.78 is 19.1. The van der Waals surface area contributed by atoms with Crippen molar-refractivity contribution in [3.05, 3.63) is 23.6 Å². The number of halogens is 1. The number of nitrogens with one attached hydrogen (secondary N) is 1. The van der Waals surface area contributed by atoms with E-state index < -0.39 is 5.82 Å². The van der Waals surface area contributed by atoms with Gasteiger partial charge in [0, 0.05) is 39.4 Å². The van der Waals surface area contributed by atoms with Crippen LogP contribution in [-0.4, -0.2) is 49.6 Å². The Morgan fingerprint density at radius 2 is 2.47 bits per heavy atom. The summed E-state index contributed by atoms with van der Waals surface area (Å²) >= 11 is 0. The molecule has 1 aliphatic heterocycles. The number of anilines is 1. The fraction of sp³-hybridized carbons (Fsp3) is 0.538. The number of pyridine rings is 1. The van der Waals surface area contributed by atoms with Crippen LogP contribution in [-0.2, 0) is 4.74 Å². The van der Waals surface area contributed by atoms with Crippen LogP contribution in [0.2, 0.25) is 0 Å². The molecule has 0 aliphatic carbocycles. The van der Waals surface area contributed by atoms with Crippen molar-refractivity contribution in [2.45, 2.75) is 6.42 Å². The molecule has 0 saturated carbocycles. The fourth-order valence-corrected chi connectivity index (χ4v) is 2.34. The lowest BCUT2D eigenvalue weighted by Gasteiger charge is -2.17. The number of nitrogens with zero attached hydrogens (tertiary/aromatic N) is 2. The van der Waals surface area contributed by atoms with Crippen LogP contribution in [0.25, 0.3) is 0 Å². The van der Waals surface area contributed by atoms with Gasteiger partial charge in [0.1, 0.15) is 0 Å². The molecule has 2 rings (SSSR count). The zero-order chi connectivity index (χ0) is 13.8. The number of ether oxygens (including phenoxy) is 1. The normalized spacial score (nSPS) is 18.7. The Hall–Kier alpha value is -1.69. The molecular formula is C13H18FN3O2. The maximum Gasteiger partial charge on any atom is 0.257 e. The molecule has 0 bridgehead atoms. The quantitative estimate of drug-likeness (QED) is 0.895. The SMILES string of the molecule is CNc1nccc(C(=O)N2CCC(COC)C2)c1F. The molecule has 5 nitrogen and oxygen atoms in total. The van der Waals surface area contributed by atoms with Gasteiger partial charge < -0.3 is 15.0 Å². The smallest absolute Gasteiger partial charge is 0.257 e. The van der Waals surface area contributed by atoms with Crippen LogP contribution in [0, 0.1) is 11.7 Å². The third kappa shape index (κ3) is 2.84. The predicted molar refractivity (Wildman–Crippen MR) is 69.6 cm³/mol. The third-order valence-corrected chi connectivity index (χ3v) is 3.33. The summed E-state index contributed by atoms with van der Waals surface area (Å²) in [5, 5.41) is 2.63. The van der Waals surface area contributed by atoms with Crippen molar-refractivity contribution >= 4 is 11.7 Å². The van der Waals surface area contributed by atoms with E-state index in [1.54, 1.807) is 19.1 Å². The minimum absolute atomic E-state index is 0.0671. The first-order valence-electron chi connectivity index (χ1n) is 6.27. The summed E-state index contributed by atoms with van der Waals surface area (Å²) in [6.07, 6.45) is 2.33. The topological polar surface area (TPSA) is 54.5 Å². The highest BCUT2D eigenvalue weighted by atomic mass is 19.1. The van der Waals surface area contributed by atoms with Crippen molar-refractivity contribution in [2.75, 3.05) is 39.2 Å². The maximum absolute atomic E-state index is 14.0. The number of likely N-dealkylation sites (tertiary alicyclic amines) is 1. The second-order valence-electron chi connectivity index (χ2n) is 4.63. The molecule has 2 heterocycles. The minimum Gasteiger partial charge on any atom is -0.384 e. The molecule has 1 atom stereocenters. The summed E-state index contributed by atoms with van der Waals surface area (Å²) in [5.41, 5.74) is 0.0671. The summed E-state index contributed by atoms with van der Waals surface area (Å²) in [4.78, 5) is 17.8. The number of carbonyl (C=O) groups is 1. The van der Waals surface area contributed by atoms with E-state index in [1.807, 2.05) is 0 Å².